The van der Waals surface area contributed by atoms with Crippen molar-refractivity contribution in [3.05, 3.63) is 35.4 Å². The van der Waals surface area contributed by atoms with Gasteiger partial charge in [-0.1, -0.05) is 43.7 Å². The summed E-state index contributed by atoms with van der Waals surface area (Å²) in [5.74, 6) is 0. The molecular weight excluding hydrogens is 220 g/mol. The summed E-state index contributed by atoms with van der Waals surface area (Å²) >= 11 is 0. The van der Waals surface area contributed by atoms with Gasteiger partial charge in [-0.2, -0.15) is 0 Å². The van der Waals surface area contributed by atoms with Crippen molar-refractivity contribution < 1.29 is 0 Å². The van der Waals surface area contributed by atoms with Crippen LogP contribution in [0.4, 0.5) is 0 Å². The van der Waals surface area contributed by atoms with Crippen molar-refractivity contribution in [1.29, 1.82) is 0 Å². The number of nitrogens with zero attached hydrogens (tertiary/aromatic N) is 1. The van der Waals surface area contributed by atoms with E-state index in [2.05, 4.69) is 62.3 Å². The van der Waals surface area contributed by atoms with Crippen molar-refractivity contribution in [1.82, 2.24) is 10.2 Å². The van der Waals surface area contributed by atoms with Crippen LogP contribution < -0.4 is 5.32 Å². The van der Waals surface area contributed by atoms with Gasteiger partial charge in [-0.3, -0.25) is 0 Å². The third-order valence-electron chi connectivity index (χ3n) is 3.31. The van der Waals surface area contributed by atoms with Crippen LogP contribution >= 0.6 is 0 Å². The maximum atomic E-state index is 3.45. The van der Waals surface area contributed by atoms with Crippen LogP contribution in [0.5, 0.6) is 0 Å². The quantitative estimate of drug-likeness (QED) is 0.759. The maximum absolute atomic E-state index is 3.45. The first kappa shape index (κ1) is 15.2. The molecule has 0 heterocycles. The van der Waals surface area contributed by atoms with Gasteiger partial charge in [-0.25, -0.2) is 0 Å². The lowest BCUT2D eigenvalue weighted by Crippen LogP contribution is -2.35. The maximum Gasteiger partial charge on any atom is 0.0446 e. The van der Waals surface area contributed by atoms with E-state index in [1.807, 2.05) is 0 Å². The predicted molar refractivity (Wildman–Crippen MR) is 80.0 cm³/mol. The standard InChI is InChI=1S/C16H28N2/c1-5-10-18(11-6-2)13-16(17-4)15-9-7-8-14(3)12-15/h7-9,12,16-17H,5-6,10-11,13H2,1-4H3. The van der Waals surface area contributed by atoms with E-state index in [1.165, 1.54) is 37.1 Å². The second-order valence-corrected chi connectivity index (χ2v) is 5.06. The predicted octanol–water partition coefficient (Wildman–Crippen LogP) is 3.38. The highest BCUT2D eigenvalue weighted by Crippen LogP contribution is 2.16. The van der Waals surface area contributed by atoms with Gasteiger partial charge in [0.2, 0.25) is 0 Å². The number of nitrogens with one attached hydrogen (secondary N) is 1. The van der Waals surface area contributed by atoms with Crippen molar-refractivity contribution in [2.75, 3.05) is 26.7 Å². The molecule has 0 fully saturated rings. The van der Waals surface area contributed by atoms with E-state index in [4.69, 9.17) is 0 Å². The second kappa shape index (κ2) is 8.28. The minimum atomic E-state index is 0.433. The molecule has 0 radical (unpaired) electrons. The van der Waals surface area contributed by atoms with Crippen LogP contribution in [0, 0.1) is 6.92 Å². The molecular formula is C16H28N2. The number of rotatable bonds is 8. The van der Waals surface area contributed by atoms with Gasteiger partial charge < -0.3 is 10.2 Å². The van der Waals surface area contributed by atoms with Gasteiger partial charge in [0.1, 0.15) is 0 Å². The summed E-state index contributed by atoms with van der Waals surface area (Å²) in [6.07, 6.45) is 2.45. The summed E-state index contributed by atoms with van der Waals surface area (Å²) < 4.78 is 0. The first-order valence-electron chi connectivity index (χ1n) is 7.17. The fraction of sp³-hybridized carbons (Fsp3) is 0.625. The Hall–Kier alpha value is -0.860. The molecule has 1 rings (SSSR count). The van der Waals surface area contributed by atoms with Gasteiger partial charge in [0, 0.05) is 12.6 Å². The minimum absolute atomic E-state index is 0.433. The number of hydrogen-bond acceptors (Lipinski definition) is 2. The van der Waals surface area contributed by atoms with Gasteiger partial charge >= 0.3 is 0 Å². The first-order valence-corrected chi connectivity index (χ1v) is 7.17. The summed E-state index contributed by atoms with van der Waals surface area (Å²) in [6.45, 7) is 10.1. The van der Waals surface area contributed by atoms with E-state index in [1.54, 1.807) is 0 Å². The van der Waals surface area contributed by atoms with E-state index >= 15 is 0 Å². The Bertz CT molecular complexity index is 330. The number of aryl methyl sites for hydroxylation is 1. The summed E-state index contributed by atoms with van der Waals surface area (Å²) in [5.41, 5.74) is 2.74. The first-order chi connectivity index (χ1) is 8.71. The molecule has 1 unspecified atom stereocenters. The fourth-order valence-corrected chi connectivity index (χ4v) is 2.44. The Labute approximate surface area is 112 Å². The molecule has 0 saturated heterocycles. The van der Waals surface area contributed by atoms with Crippen molar-refractivity contribution in [3.8, 4) is 0 Å². The van der Waals surface area contributed by atoms with E-state index < -0.39 is 0 Å². The Morgan fingerprint density at radius 3 is 2.33 bits per heavy atom. The lowest BCUT2D eigenvalue weighted by molar-refractivity contribution is 0.247. The molecule has 2 heteroatoms. The highest BCUT2D eigenvalue weighted by atomic mass is 15.1. The Morgan fingerprint density at radius 2 is 1.83 bits per heavy atom. The molecule has 1 N–H and O–H groups in total. The zero-order valence-corrected chi connectivity index (χ0v) is 12.4. The van der Waals surface area contributed by atoms with Gasteiger partial charge in [-0.05, 0) is 45.5 Å². The Morgan fingerprint density at radius 1 is 1.17 bits per heavy atom. The molecule has 0 aliphatic carbocycles. The molecule has 0 aliphatic rings. The van der Waals surface area contributed by atoms with Gasteiger partial charge in [0.05, 0.1) is 0 Å². The molecule has 0 amide bonds. The monoisotopic (exact) mass is 248 g/mol. The summed E-state index contributed by atoms with van der Waals surface area (Å²) in [5, 5.41) is 3.45. The molecule has 0 aliphatic heterocycles. The van der Waals surface area contributed by atoms with Crippen LogP contribution in [-0.4, -0.2) is 31.6 Å². The average Bonchev–Trinajstić information content (AvgIpc) is 2.36. The Kier molecular flexibility index (Phi) is 6.99. The molecule has 0 bridgehead atoms. The van der Waals surface area contributed by atoms with Crippen molar-refractivity contribution in [2.24, 2.45) is 0 Å². The third kappa shape index (κ3) is 4.79. The highest BCUT2D eigenvalue weighted by Gasteiger charge is 2.13. The Balaban J connectivity index is 2.70. The van der Waals surface area contributed by atoms with E-state index in [-0.39, 0.29) is 0 Å². The summed E-state index contributed by atoms with van der Waals surface area (Å²) in [7, 11) is 2.06. The number of hydrogen-bond donors (Lipinski definition) is 1. The average molecular weight is 248 g/mol. The lowest BCUT2D eigenvalue weighted by atomic mass is 10.0. The van der Waals surface area contributed by atoms with Crippen molar-refractivity contribution in [3.63, 3.8) is 0 Å². The molecule has 102 valence electrons. The van der Waals surface area contributed by atoms with E-state index in [0.717, 1.165) is 6.54 Å². The fourth-order valence-electron chi connectivity index (χ4n) is 2.44. The van der Waals surface area contributed by atoms with E-state index in [9.17, 15) is 0 Å². The highest BCUT2D eigenvalue weighted by molar-refractivity contribution is 5.25. The van der Waals surface area contributed by atoms with Crippen LogP contribution in [-0.2, 0) is 0 Å². The molecule has 0 aromatic heterocycles. The van der Waals surface area contributed by atoms with Crippen LogP contribution in [0.25, 0.3) is 0 Å². The lowest BCUT2D eigenvalue weighted by Gasteiger charge is -2.27. The largest absolute Gasteiger partial charge is 0.312 e. The van der Waals surface area contributed by atoms with Crippen LogP contribution in [0.1, 0.15) is 43.9 Å². The summed E-state index contributed by atoms with van der Waals surface area (Å²) in [4.78, 5) is 2.56. The van der Waals surface area contributed by atoms with Crippen molar-refractivity contribution in [2.45, 2.75) is 39.7 Å². The topological polar surface area (TPSA) is 15.3 Å². The van der Waals surface area contributed by atoms with Crippen LogP contribution in [0.3, 0.4) is 0 Å². The SMILES string of the molecule is CCCN(CCC)CC(NC)c1cccc(C)c1. The number of likely N-dealkylation sites (N-methyl/N-ethyl adjacent to an activating group) is 1. The molecule has 1 aromatic carbocycles. The van der Waals surface area contributed by atoms with Crippen LogP contribution in [0.15, 0.2) is 24.3 Å². The second-order valence-electron chi connectivity index (χ2n) is 5.06. The molecule has 18 heavy (non-hydrogen) atoms. The van der Waals surface area contributed by atoms with Gasteiger partial charge in [0.15, 0.2) is 0 Å². The minimum Gasteiger partial charge on any atom is -0.312 e. The zero-order valence-electron chi connectivity index (χ0n) is 12.4. The van der Waals surface area contributed by atoms with E-state index in [0.29, 0.717) is 6.04 Å². The van der Waals surface area contributed by atoms with Gasteiger partial charge in [-0.15, -0.1) is 0 Å². The summed E-state index contributed by atoms with van der Waals surface area (Å²) in [6, 6.07) is 9.26. The van der Waals surface area contributed by atoms with Gasteiger partial charge in [0.25, 0.3) is 0 Å². The molecule has 0 spiro atoms. The molecule has 0 saturated carbocycles. The smallest absolute Gasteiger partial charge is 0.0446 e. The molecule has 1 atom stereocenters. The molecule has 1 aromatic rings. The van der Waals surface area contributed by atoms with Crippen molar-refractivity contribution >= 4 is 0 Å². The molecule has 2 nitrogen and oxygen atoms in total. The van der Waals surface area contributed by atoms with Crippen LogP contribution in [0.2, 0.25) is 0 Å². The third-order valence-corrected chi connectivity index (χ3v) is 3.31. The normalized spacial score (nSPS) is 12.9. The number of benzene rings is 1. The zero-order chi connectivity index (χ0) is 13.4.